The Kier molecular flexibility index (Phi) is 2.53. The van der Waals surface area contributed by atoms with Crippen LogP contribution in [0.5, 0.6) is 0 Å². The van der Waals surface area contributed by atoms with Crippen molar-refractivity contribution >= 4 is 5.97 Å². The number of carbonyl (C=O) groups is 1. The van der Waals surface area contributed by atoms with Crippen molar-refractivity contribution in [1.82, 2.24) is 0 Å². The van der Waals surface area contributed by atoms with Crippen LogP contribution >= 0.6 is 0 Å². The smallest absolute Gasteiger partial charge is 0.309 e. The molecule has 2 bridgehead atoms. The predicted molar refractivity (Wildman–Crippen MR) is 61.7 cm³/mol. The van der Waals surface area contributed by atoms with Crippen LogP contribution in [0.1, 0.15) is 32.1 Å². The minimum Gasteiger partial charge on any atom is -0.469 e. The maximum Gasteiger partial charge on any atom is 0.309 e. The monoisotopic (exact) mass is 220 g/mol. The van der Waals surface area contributed by atoms with Gasteiger partial charge < -0.3 is 4.74 Å². The Balaban J connectivity index is 1.84. The molecule has 0 saturated heterocycles. The molecule has 0 aliphatic heterocycles. The molecule has 0 aromatic rings. The van der Waals surface area contributed by atoms with E-state index in [1.54, 1.807) is 0 Å². The quantitative estimate of drug-likeness (QED) is 0.528. The second-order valence-corrected chi connectivity index (χ2v) is 5.62. The molecule has 0 aromatic carbocycles. The van der Waals surface area contributed by atoms with E-state index < -0.39 is 0 Å². The SMILES string of the molecule is COC(=O)[C@H]1[C@H](C2CCCC2)[C@H]2C=C[C@@H]1C2. The molecule has 3 aliphatic rings. The van der Waals surface area contributed by atoms with Crippen LogP contribution in [0.4, 0.5) is 0 Å². The van der Waals surface area contributed by atoms with Gasteiger partial charge in [-0.25, -0.2) is 0 Å². The summed E-state index contributed by atoms with van der Waals surface area (Å²) in [6.45, 7) is 0. The lowest BCUT2D eigenvalue weighted by atomic mass is 9.74. The van der Waals surface area contributed by atoms with Crippen molar-refractivity contribution in [3.8, 4) is 0 Å². The predicted octanol–water partition coefficient (Wildman–Crippen LogP) is 2.79. The molecule has 0 spiro atoms. The van der Waals surface area contributed by atoms with Crippen molar-refractivity contribution in [3.05, 3.63) is 12.2 Å². The Hall–Kier alpha value is -0.790. The Morgan fingerprint density at radius 2 is 1.88 bits per heavy atom. The number of carbonyl (C=O) groups excluding carboxylic acids is 1. The molecule has 88 valence electrons. The summed E-state index contributed by atoms with van der Waals surface area (Å²) in [5, 5.41) is 0. The molecule has 16 heavy (non-hydrogen) atoms. The molecule has 2 heteroatoms. The van der Waals surface area contributed by atoms with Crippen molar-refractivity contribution in [3.63, 3.8) is 0 Å². The van der Waals surface area contributed by atoms with Gasteiger partial charge in [-0.05, 0) is 30.1 Å². The zero-order chi connectivity index (χ0) is 11.1. The highest BCUT2D eigenvalue weighted by molar-refractivity contribution is 5.74. The number of hydrogen-bond donors (Lipinski definition) is 0. The van der Waals surface area contributed by atoms with E-state index in [9.17, 15) is 4.79 Å². The van der Waals surface area contributed by atoms with Crippen molar-refractivity contribution < 1.29 is 9.53 Å². The zero-order valence-corrected chi connectivity index (χ0v) is 9.89. The average molecular weight is 220 g/mol. The van der Waals surface area contributed by atoms with Crippen LogP contribution < -0.4 is 0 Å². The van der Waals surface area contributed by atoms with Crippen LogP contribution in [0.2, 0.25) is 0 Å². The molecule has 3 aliphatic carbocycles. The number of allylic oxidation sites excluding steroid dienone is 2. The number of ether oxygens (including phenoxy) is 1. The van der Waals surface area contributed by atoms with Crippen LogP contribution in [0.25, 0.3) is 0 Å². The van der Waals surface area contributed by atoms with Gasteiger partial charge in [0.15, 0.2) is 0 Å². The number of fused-ring (bicyclic) bond motifs is 2. The van der Waals surface area contributed by atoms with Crippen molar-refractivity contribution in [2.24, 2.45) is 29.6 Å². The van der Waals surface area contributed by atoms with Crippen LogP contribution in [-0.2, 0) is 9.53 Å². The van der Waals surface area contributed by atoms with E-state index in [2.05, 4.69) is 12.2 Å². The molecule has 2 nitrogen and oxygen atoms in total. The van der Waals surface area contributed by atoms with Gasteiger partial charge in [0, 0.05) is 0 Å². The van der Waals surface area contributed by atoms with Crippen molar-refractivity contribution in [1.29, 1.82) is 0 Å². The maximum absolute atomic E-state index is 11.9. The van der Waals surface area contributed by atoms with Gasteiger partial charge in [-0.1, -0.05) is 37.8 Å². The summed E-state index contributed by atoms with van der Waals surface area (Å²) in [5.41, 5.74) is 0. The van der Waals surface area contributed by atoms with Gasteiger partial charge in [0.1, 0.15) is 0 Å². The van der Waals surface area contributed by atoms with Gasteiger partial charge in [0.25, 0.3) is 0 Å². The van der Waals surface area contributed by atoms with Gasteiger partial charge in [-0.15, -0.1) is 0 Å². The van der Waals surface area contributed by atoms with Gasteiger partial charge >= 0.3 is 5.97 Å². The van der Waals surface area contributed by atoms with E-state index in [1.807, 2.05) is 0 Å². The molecular weight excluding hydrogens is 200 g/mol. The van der Waals surface area contributed by atoms with E-state index >= 15 is 0 Å². The molecule has 0 heterocycles. The Morgan fingerprint density at radius 3 is 2.56 bits per heavy atom. The van der Waals surface area contributed by atoms with Gasteiger partial charge in [0.2, 0.25) is 0 Å². The summed E-state index contributed by atoms with van der Waals surface area (Å²) in [5.74, 6) is 2.71. The van der Waals surface area contributed by atoms with Gasteiger partial charge in [-0.2, -0.15) is 0 Å². The number of methoxy groups -OCH3 is 1. The number of hydrogen-bond acceptors (Lipinski definition) is 2. The number of rotatable bonds is 2. The first-order chi connectivity index (χ1) is 7.81. The van der Waals surface area contributed by atoms with Crippen LogP contribution in [0.15, 0.2) is 12.2 Å². The van der Waals surface area contributed by atoms with E-state index in [0.717, 1.165) is 5.92 Å². The highest BCUT2D eigenvalue weighted by Crippen LogP contribution is 2.54. The minimum atomic E-state index is 0.0359. The van der Waals surface area contributed by atoms with Crippen LogP contribution in [0.3, 0.4) is 0 Å². The first kappa shape index (κ1) is 10.4. The fourth-order valence-electron chi connectivity index (χ4n) is 4.31. The molecule has 4 atom stereocenters. The summed E-state index contributed by atoms with van der Waals surface area (Å²) >= 11 is 0. The van der Waals surface area contributed by atoms with Crippen molar-refractivity contribution in [2.75, 3.05) is 7.11 Å². The van der Waals surface area contributed by atoms with Crippen LogP contribution in [-0.4, -0.2) is 13.1 Å². The highest BCUT2D eigenvalue weighted by atomic mass is 16.5. The van der Waals surface area contributed by atoms with E-state index in [0.29, 0.717) is 17.8 Å². The molecular formula is C14H20O2. The lowest BCUT2D eigenvalue weighted by Crippen LogP contribution is -2.32. The lowest BCUT2D eigenvalue weighted by Gasteiger charge is -2.30. The molecule has 0 radical (unpaired) electrons. The third-order valence-corrected chi connectivity index (χ3v) is 4.94. The fraction of sp³-hybridized carbons (Fsp3) is 0.786. The summed E-state index contributed by atoms with van der Waals surface area (Å²) in [7, 11) is 1.53. The molecule has 0 amide bonds. The normalized spacial score (nSPS) is 41.8. The molecule has 2 saturated carbocycles. The summed E-state index contributed by atoms with van der Waals surface area (Å²) < 4.78 is 5.00. The third kappa shape index (κ3) is 1.42. The minimum absolute atomic E-state index is 0.0359. The summed E-state index contributed by atoms with van der Waals surface area (Å²) in [6, 6.07) is 0. The maximum atomic E-state index is 11.9. The summed E-state index contributed by atoms with van der Waals surface area (Å²) in [6.07, 6.45) is 11.2. The van der Waals surface area contributed by atoms with Crippen molar-refractivity contribution in [2.45, 2.75) is 32.1 Å². The Labute approximate surface area is 97.1 Å². The molecule has 0 unspecified atom stereocenters. The third-order valence-electron chi connectivity index (χ3n) is 4.94. The number of esters is 1. The largest absolute Gasteiger partial charge is 0.469 e. The van der Waals surface area contributed by atoms with E-state index in [1.165, 1.54) is 39.2 Å². The van der Waals surface area contributed by atoms with Gasteiger partial charge in [-0.3, -0.25) is 4.79 Å². The van der Waals surface area contributed by atoms with Gasteiger partial charge in [0.05, 0.1) is 13.0 Å². The summed E-state index contributed by atoms with van der Waals surface area (Å²) in [4.78, 5) is 11.9. The zero-order valence-electron chi connectivity index (χ0n) is 9.89. The van der Waals surface area contributed by atoms with E-state index in [-0.39, 0.29) is 11.9 Å². The first-order valence-electron chi connectivity index (χ1n) is 6.57. The van der Waals surface area contributed by atoms with Crippen LogP contribution in [0, 0.1) is 29.6 Å². The standard InChI is InChI=1S/C14H20O2/c1-16-14(15)13-11-7-6-10(8-11)12(13)9-4-2-3-5-9/h6-7,9-13H,2-5,8H2,1H3/t10-,11+,12+,13+/m0/s1. The molecule has 2 fully saturated rings. The molecule has 0 aromatic heterocycles. The fourth-order valence-corrected chi connectivity index (χ4v) is 4.31. The van der Waals surface area contributed by atoms with E-state index in [4.69, 9.17) is 4.74 Å². The first-order valence-corrected chi connectivity index (χ1v) is 6.57. The Morgan fingerprint density at radius 1 is 1.19 bits per heavy atom. The molecule has 3 rings (SSSR count). The lowest BCUT2D eigenvalue weighted by molar-refractivity contribution is -0.148. The Bertz CT molecular complexity index is 315. The average Bonchev–Trinajstić information content (AvgIpc) is 3.01. The molecule has 0 N–H and O–H groups in total. The second kappa shape index (κ2) is 3.90. The topological polar surface area (TPSA) is 26.3 Å². The second-order valence-electron chi connectivity index (χ2n) is 5.62. The highest BCUT2D eigenvalue weighted by Gasteiger charge is 2.51.